The van der Waals surface area contributed by atoms with Crippen LogP contribution in [-0.2, 0) is 6.42 Å². The molecule has 3 rings (SSSR count). The highest BCUT2D eigenvalue weighted by atomic mass is 19.1. The molecule has 106 valence electrons. The Balaban J connectivity index is 2.32. The standard InChI is InChI=1S/C17H13F2NO/c1-2-10-3-6-16-12(7-10)14(9-21)17(20-16)13-8-11(18)4-5-15(13)19/h3-9,20H,2H2,1H3. The van der Waals surface area contributed by atoms with Gasteiger partial charge >= 0.3 is 0 Å². The molecule has 2 nitrogen and oxygen atoms in total. The molecule has 0 bridgehead atoms. The summed E-state index contributed by atoms with van der Waals surface area (Å²) < 4.78 is 27.3. The number of aromatic nitrogens is 1. The summed E-state index contributed by atoms with van der Waals surface area (Å²) in [6.07, 6.45) is 1.51. The van der Waals surface area contributed by atoms with Crippen LogP contribution in [0, 0.1) is 11.6 Å². The lowest BCUT2D eigenvalue weighted by atomic mass is 10.0. The van der Waals surface area contributed by atoms with Gasteiger partial charge in [0.15, 0.2) is 6.29 Å². The third-order valence-corrected chi connectivity index (χ3v) is 3.63. The maximum absolute atomic E-state index is 13.9. The second-order valence-corrected chi connectivity index (χ2v) is 4.89. The molecule has 0 aliphatic heterocycles. The molecule has 2 aromatic carbocycles. The van der Waals surface area contributed by atoms with Gasteiger partial charge < -0.3 is 4.98 Å². The topological polar surface area (TPSA) is 32.9 Å². The zero-order valence-electron chi connectivity index (χ0n) is 11.4. The van der Waals surface area contributed by atoms with E-state index in [1.54, 1.807) is 0 Å². The molecule has 3 aromatic rings. The van der Waals surface area contributed by atoms with Crippen LogP contribution in [0.4, 0.5) is 8.78 Å². The average Bonchev–Trinajstić information content (AvgIpc) is 2.86. The first-order chi connectivity index (χ1) is 10.1. The number of nitrogens with one attached hydrogen (secondary N) is 1. The van der Waals surface area contributed by atoms with E-state index < -0.39 is 11.6 Å². The van der Waals surface area contributed by atoms with E-state index in [2.05, 4.69) is 4.98 Å². The molecule has 4 heteroatoms. The number of H-pyrrole nitrogens is 1. The first-order valence-corrected chi connectivity index (χ1v) is 6.69. The Hall–Kier alpha value is -2.49. The molecule has 0 aliphatic carbocycles. The van der Waals surface area contributed by atoms with Crippen LogP contribution in [0.5, 0.6) is 0 Å². The summed E-state index contributed by atoms with van der Waals surface area (Å²) in [6, 6.07) is 8.89. The SMILES string of the molecule is CCc1ccc2[nH]c(-c3cc(F)ccc3F)c(C=O)c2c1. The van der Waals surface area contributed by atoms with Gasteiger partial charge in [-0.3, -0.25) is 4.79 Å². The summed E-state index contributed by atoms with van der Waals surface area (Å²) in [7, 11) is 0. The van der Waals surface area contributed by atoms with E-state index in [4.69, 9.17) is 0 Å². The molecule has 0 atom stereocenters. The van der Waals surface area contributed by atoms with Gasteiger partial charge in [0.1, 0.15) is 11.6 Å². The molecule has 1 aromatic heterocycles. The minimum Gasteiger partial charge on any atom is -0.354 e. The van der Waals surface area contributed by atoms with E-state index in [-0.39, 0.29) is 5.56 Å². The number of halogens is 2. The van der Waals surface area contributed by atoms with E-state index in [0.29, 0.717) is 17.5 Å². The number of fused-ring (bicyclic) bond motifs is 1. The van der Waals surface area contributed by atoms with Crippen molar-refractivity contribution in [3.05, 3.63) is 59.2 Å². The molecular weight excluding hydrogens is 272 g/mol. The molecule has 1 heterocycles. The molecule has 0 radical (unpaired) electrons. The highest BCUT2D eigenvalue weighted by molar-refractivity contribution is 6.04. The van der Waals surface area contributed by atoms with Crippen molar-refractivity contribution < 1.29 is 13.6 Å². The number of hydrogen-bond acceptors (Lipinski definition) is 1. The zero-order chi connectivity index (χ0) is 15.0. The maximum Gasteiger partial charge on any atom is 0.152 e. The molecule has 0 aliphatic rings. The molecule has 0 amide bonds. The predicted molar refractivity (Wildman–Crippen MR) is 78.4 cm³/mol. The van der Waals surface area contributed by atoms with Crippen LogP contribution in [0.15, 0.2) is 36.4 Å². The number of carbonyl (C=O) groups is 1. The number of carbonyl (C=O) groups excluding carboxylic acids is 1. The summed E-state index contributed by atoms with van der Waals surface area (Å²) in [5, 5.41) is 0.725. The zero-order valence-corrected chi connectivity index (χ0v) is 11.4. The van der Waals surface area contributed by atoms with Crippen LogP contribution < -0.4 is 0 Å². The summed E-state index contributed by atoms with van der Waals surface area (Å²) >= 11 is 0. The summed E-state index contributed by atoms with van der Waals surface area (Å²) in [5.74, 6) is -1.11. The fraction of sp³-hybridized carbons (Fsp3) is 0.118. The van der Waals surface area contributed by atoms with Crippen LogP contribution in [0.2, 0.25) is 0 Å². The largest absolute Gasteiger partial charge is 0.354 e. The van der Waals surface area contributed by atoms with E-state index >= 15 is 0 Å². The van der Waals surface area contributed by atoms with Gasteiger partial charge in [0.2, 0.25) is 0 Å². The Kier molecular flexibility index (Phi) is 3.29. The predicted octanol–water partition coefficient (Wildman–Crippen LogP) is 4.49. The molecule has 0 spiro atoms. The Labute approximate surface area is 120 Å². The van der Waals surface area contributed by atoms with Crippen molar-refractivity contribution in [1.82, 2.24) is 4.98 Å². The Morgan fingerprint density at radius 1 is 1.14 bits per heavy atom. The van der Waals surface area contributed by atoms with E-state index in [1.807, 2.05) is 25.1 Å². The number of hydrogen-bond donors (Lipinski definition) is 1. The van der Waals surface area contributed by atoms with Crippen molar-refractivity contribution in [1.29, 1.82) is 0 Å². The molecule has 0 saturated carbocycles. The van der Waals surface area contributed by atoms with Gasteiger partial charge in [-0.1, -0.05) is 13.0 Å². The van der Waals surface area contributed by atoms with Gasteiger partial charge in [0.05, 0.1) is 5.69 Å². The third kappa shape index (κ3) is 2.23. The summed E-state index contributed by atoms with van der Waals surface area (Å²) in [6.45, 7) is 2.02. The smallest absolute Gasteiger partial charge is 0.152 e. The molecule has 0 unspecified atom stereocenters. The number of aldehydes is 1. The molecule has 0 saturated heterocycles. The highest BCUT2D eigenvalue weighted by Crippen LogP contribution is 2.31. The molecular formula is C17H13F2NO. The van der Waals surface area contributed by atoms with E-state index in [1.165, 1.54) is 0 Å². The lowest BCUT2D eigenvalue weighted by molar-refractivity contribution is 0.112. The van der Waals surface area contributed by atoms with Gasteiger partial charge in [0.25, 0.3) is 0 Å². The van der Waals surface area contributed by atoms with Gasteiger partial charge in [-0.2, -0.15) is 0 Å². The Morgan fingerprint density at radius 2 is 1.95 bits per heavy atom. The van der Waals surface area contributed by atoms with Crippen molar-refractivity contribution >= 4 is 17.2 Å². The van der Waals surface area contributed by atoms with Crippen molar-refractivity contribution in [3.8, 4) is 11.3 Å². The monoisotopic (exact) mass is 285 g/mol. The third-order valence-electron chi connectivity index (χ3n) is 3.63. The normalized spacial score (nSPS) is 11.0. The molecule has 21 heavy (non-hydrogen) atoms. The number of rotatable bonds is 3. The minimum atomic E-state index is -0.568. The number of aryl methyl sites for hydroxylation is 1. The second-order valence-electron chi connectivity index (χ2n) is 4.89. The number of benzene rings is 2. The Morgan fingerprint density at radius 3 is 2.67 bits per heavy atom. The van der Waals surface area contributed by atoms with Crippen LogP contribution >= 0.6 is 0 Å². The second kappa shape index (κ2) is 5.13. The van der Waals surface area contributed by atoms with Crippen LogP contribution in [-0.4, -0.2) is 11.3 Å². The number of aromatic amines is 1. The summed E-state index contributed by atoms with van der Waals surface area (Å²) in [4.78, 5) is 14.4. The van der Waals surface area contributed by atoms with Crippen molar-refractivity contribution in [2.75, 3.05) is 0 Å². The van der Waals surface area contributed by atoms with Crippen LogP contribution in [0.25, 0.3) is 22.2 Å². The van der Waals surface area contributed by atoms with Crippen molar-refractivity contribution in [2.24, 2.45) is 0 Å². The van der Waals surface area contributed by atoms with Crippen LogP contribution in [0.1, 0.15) is 22.8 Å². The molecule has 0 fully saturated rings. The van der Waals surface area contributed by atoms with Crippen molar-refractivity contribution in [2.45, 2.75) is 13.3 Å². The quantitative estimate of drug-likeness (QED) is 0.707. The van der Waals surface area contributed by atoms with Gasteiger partial charge in [-0.05, 0) is 42.3 Å². The van der Waals surface area contributed by atoms with Gasteiger partial charge in [-0.25, -0.2) is 8.78 Å². The first-order valence-electron chi connectivity index (χ1n) is 6.69. The maximum atomic E-state index is 13.9. The highest BCUT2D eigenvalue weighted by Gasteiger charge is 2.16. The minimum absolute atomic E-state index is 0.0614. The average molecular weight is 285 g/mol. The van der Waals surface area contributed by atoms with Crippen LogP contribution in [0.3, 0.4) is 0 Å². The Bertz CT molecular complexity index is 836. The van der Waals surface area contributed by atoms with Gasteiger partial charge in [0, 0.05) is 22.0 Å². The lowest BCUT2D eigenvalue weighted by Crippen LogP contribution is -1.90. The fourth-order valence-electron chi connectivity index (χ4n) is 2.50. The molecule has 1 N–H and O–H groups in total. The van der Waals surface area contributed by atoms with Crippen molar-refractivity contribution in [3.63, 3.8) is 0 Å². The van der Waals surface area contributed by atoms with Gasteiger partial charge in [-0.15, -0.1) is 0 Å². The van der Waals surface area contributed by atoms with E-state index in [9.17, 15) is 13.6 Å². The fourth-order valence-corrected chi connectivity index (χ4v) is 2.50. The van der Waals surface area contributed by atoms with E-state index in [0.717, 1.165) is 41.1 Å². The first kappa shape index (κ1) is 13.5. The lowest BCUT2D eigenvalue weighted by Gasteiger charge is -2.02. The summed E-state index contributed by atoms with van der Waals surface area (Å²) in [5.41, 5.74) is 2.53.